The van der Waals surface area contributed by atoms with Gasteiger partial charge in [0.2, 0.25) is 5.91 Å². The third-order valence-electron chi connectivity index (χ3n) is 2.70. The average molecular weight is 231 g/mol. The number of hydrogen-bond acceptors (Lipinski definition) is 2. The summed E-state index contributed by atoms with van der Waals surface area (Å²) in [5.74, 6) is 0.0102. The second-order valence-electron chi connectivity index (χ2n) is 4.31. The maximum Gasteiger partial charge on any atom is 0.224 e. The molecule has 0 aliphatic heterocycles. The molecule has 1 aromatic heterocycles. The first kappa shape index (κ1) is 11.7. The van der Waals surface area contributed by atoms with Crippen LogP contribution in [-0.2, 0) is 4.79 Å². The standard InChI is InChI=1S/C13H17N3O/c1-9(14)5-6-13(17)16-12-4-2-3-11-10(12)7-8-15-11/h2-4,7-9,15H,5-6,14H2,1H3,(H,16,17). The molecule has 0 bridgehead atoms. The first-order valence-corrected chi connectivity index (χ1v) is 5.78. The molecule has 1 atom stereocenters. The molecule has 1 amide bonds. The van der Waals surface area contributed by atoms with Crippen molar-refractivity contribution in [2.75, 3.05) is 5.32 Å². The van der Waals surface area contributed by atoms with Gasteiger partial charge in [0.1, 0.15) is 0 Å². The lowest BCUT2D eigenvalue weighted by molar-refractivity contribution is -0.116. The lowest BCUT2D eigenvalue weighted by Crippen LogP contribution is -2.19. The molecule has 0 spiro atoms. The molecule has 4 nitrogen and oxygen atoms in total. The first-order valence-electron chi connectivity index (χ1n) is 5.78. The monoisotopic (exact) mass is 231 g/mol. The van der Waals surface area contributed by atoms with E-state index in [-0.39, 0.29) is 11.9 Å². The van der Waals surface area contributed by atoms with Crippen molar-refractivity contribution in [2.24, 2.45) is 5.73 Å². The number of carbonyl (C=O) groups is 1. The van der Waals surface area contributed by atoms with Crippen molar-refractivity contribution in [1.82, 2.24) is 4.98 Å². The van der Waals surface area contributed by atoms with Gasteiger partial charge in [0.15, 0.2) is 0 Å². The average Bonchev–Trinajstić information content (AvgIpc) is 2.75. The molecular weight excluding hydrogens is 214 g/mol. The van der Waals surface area contributed by atoms with Crippen LogP contribution in [0.2, 0.25) is 0 Å². The molecule has 0 fully saturated rings. The predicted octanol–water partition coefficient (Wildman–Crippen LogP) is 2.23. The molecule has 1 aromatic carbocycles. The fourth-order valence-corrected chi connectivity index (χ4v) is 1.77. The number of aromatic amines is 1. The molecule has 0 aliphatic carbocycles. The molecule has 0 radical (unpaired) electrons. The minimum atomic E-state index is 0.0102. The minimum Gasteiger partial charge on any atom is -0.361 e. The lowest BCUT2D eigenvalue weighted by Gasteiger charge is -2.07. The van der Waals surface area contributed by atoms with Gasteiger partial charge in [0.05, 0.1) is 5.69 Å². The quantitative estimate of drug-likeness (QED) is 0.755. The number of anilines is 1. The summed E-state index contributed by atoms with van der Waals surface area (Å²) in [6, 6.07) is 7.81. The van der Waals surface area contributed by atoms with E-state index in [1.165, 1.54) is 0 Å². The van der Waals surface area contributed by atoms with Crippen LogP contribution in [0.3, 0.4) is 0 Å². The van der Waals surface area contributed by atoms with Gasteiger partial charge in [-0.1, -0.05) is 6.07 Å². The SMILES string of the molecule is CC(N)CCC(=O)Nc1cccc2[nH]ccc12. The van der Waals surface area contributed by atoms with Crippen molar-refractivity contribution in [2.45, 2.75) is 25.8 Å². The number of hydrogen-bond donors (Lipinski definition) is 3. The number of nitrogens with two attached hydrogens (primary N) is 1. The number of H-pyrrole nitrogens is 1. The first-order chi connectivity index (χ1) is 8.16. The molecule has 0 aliphatic rings. The van der Waals surface area contributed by atoms with Crippen molar-refractivity contribution in [3.63, 3.8) is 0 Å². The second-order valence-corrected chi connectivity index (χ2v) is 4.31. The van der Waals surface area contributed by atoms with E-state index in [0.29, 0.717) is 12.8 Å². The third-order valence-corrected chi connectivity index (χ3v) is 2.70. The van der Waals surface area contributed by atoms with Crippen LogP contribution in [0.25, 0.3) is 10.9 Å². The van der Waals surface area contributed by atoms with Crippen molar-refractivity contribution >= 4 is 22.5 Å². The Labute approximate surface area is 100 Å². The molecule has 0 saturated heterocycles. The van der Waals surface area contributed by atoms with E-state index in [2.05, 4.69) is 10.3 Å². The minimum absolute atomic E-state index is 0.0102. The summed E-state index contributed by atoms with van der Waals surface area (Å²) in [6.07, 6.45) is 3.02. The van der Waals surface area contributed by atoms with Crippen LogP contribution in [0.4, 0.5) is 5.69 Å². The Morgan fingerprint density at radius 2 is 2.29 bits per heavy atom. The maximum atomic E-state index is 11.7. The van der Waals surface area contributed by atoms with Crippen LogP contribution < -0.4 is 11.1 Å². The highest BCUT2D eigenvalue weighted by Gasteiger charge is 2.07. The maximum absolute atomic E-state index is 11.7. The van der Waals surface area contributed by atoms with Gasteiger partial charge in [0.25, 0.3) is 0 Å². The van der Waals surface area contributed by atoms with Crippen LogP contribution in [0.15, 0.2) is 30.5 Å². The van der Waals surface area contributed by atoms with Crippen molar-refractivity contribution in [3.05, 3.63) is 30.5 Å². The third kappa shape index (κ3) is 2.85. The van der Waals surface area contributed by atoms with Crippen LogP contribution in [-0.4, -0.2) is 16.9 Å². The Balaban J connectivity index is 2.08. The summed E-state index contributed by atoms with van der Waals surface area (Å²) < 4.78 is 0. The summed E-state index contributed by atoms with van der Waals surface area (Å²) in [4.78, 5) is 14.8. The summed E-state index contributed by atoms with van der Waals surface area (Å²) in [5.41, 5.74) is 7.49. The van der Waals surface area contributed by atoms with Crippen LogP contribution in [0, 0.1) is 0 Å². The molecule has 2 rings (SSSR count). The summed E-state index contributed by atoms with van der Waals surface area (Å²) in [7, 11) is 0. The lowest BCUT2D eigenvalue weighted by atomic mass is 10.1. The number of carbonyl (C=O) groups excluding carboxylic acids is 1. The van der Waals surface area contributed by atoms with Crippen LogP contribution >= 0.6 is 0 Å². The molecule has 17 heavy (non-hydrogen) atoms. The highest BCUT2D eigenvalue weighted by atomic mass is 16.1. The number of benzene rings is 1. The van der Waals surface area contributed by atoms with Gasteiger partial charge in [-0.2, -0.15) is 0 Å². The van der Waals surface area contributed by atoms with E-state index >= 15 is 0 Å². The molecule has 90 valence electrons. The fourth-order valence-electron chi connectivity index (χ4n) is 1.77. The highest BCUT2D eigenvalue weighted by Crippen LogP contribution is 2.22. The number of nitrogens with one attached hydrogen (secondary N) is 2. The Kier molecular flexibility index (Phi) is 3.44. The summed E-state index contributed by atoms with van der Waals surface area (Å²) >= 11 is 0. The predicted molar refractivity (Wildman–Crippen MR) is 69.8 cm³/mol. The molecule has 2 aromatic rings. The smallest absolute Gasteiger partial charge is 0.224 e. The van der Waals surface area contributed by atoms with Crippen LogP contribution in [0.5, 0.6) is 0 Å². The van der Waals surface area contributed by atoms with E-state index in [0.717, 1.165) is 16.6 Å². The highest BCUT2D eigenvalue weighted by molar-refractivity contribution is 6.01. The Morgan fingerprint density at radius 3 is 3.06 bits per heavy atom. The largest absolute Gasteiger partial charge is 0.361 e. The van der Waals surface area contributed by atoms with Gasteiger partial charge in [0, 0.05) is 29.6 Å². The van der Waals surface area contributed by atoms with Gasteiger partial charge in [-0.25, -0.2) is 0 Å². The number of amides is 1. The molecular formula is C13H17N3O. The van der Waals surface area contributed by atoms with Crippen molar-refractivity contribution < 1.29 is 4.79 Å². The topological polar surface area (TPSA) is 70.9 Å². The molecule has 0 saturated carbocycles. The number of fused-ring (bicyclic) bond motifs is 1. The van der Waals surface area contributed by atoms with E-state index in [4.69, 9.17) is 5.73 Å². The van der Waals surface area contributed by atoms with Gasteiger partial charge in [-0.3, -0.25) is 4.79 Å². The van der Waals surface area contributed by atoms with Gasteiger partial charge in [-0.05, 0) is 31.5 Å². The van der Waals surface area contributed by atoms with E-state index in [1.54, 1.807) is 0 Å². The zero-order valence-electron chi connectivity index (χ0n) is 9.86. The van der Waals surface area contributed by atoms with Crippen molar-refractivity contribution in [1.29, 1.82) is 0 Å². The Hall–Kier alpha value is -1.81. The summed E-state index contributed by atoms with van der Waals surface area (Å²) in [6.45, 7) is 1.90. The Morgan fingerprint density at radius 1 is 1.47 bits per heavy atom. The summed E-state index contributed by atoms with van der Waals surface area (Å²) in [5, 5.41) is 3.94. The fraction of sp³-hybridized carbons (Fsp3) is 0.308. The molecule has 1 unspecified atom stereocenters. The van der Waals surface area contributed by atoms with Crippen LogP contribution in [0.1, 0.15) is 19.8 Å². The van der Waals surface area contributed by atoms with E-state index in [1.807, 2.05) is 37.4 Å². The van der Waals surface area contributed by atoms with Gasteiger partial charge < -0.3 is 16.0 Å². The van der Waals surface area contributed by atoms with Gasteiger partial charge in [-0.15, -0.1) is 0 Å². The Bertz CT molecular complexity index is 516. The number of aromatic nitrogens is 1. The van der Waals surface area contributed by atoms with E-state index in [9.17, 15) is 4.79 Å². The zero-order chi connectivity index (χ0) is 12.3. The normalized spacial score (nSPS) is 12.6. The number of rotatable bonds is 4. The molecule has 4 N–H and O–H groups in total. The molecule has 1 heterocycles. The van der Waals surface area contributed by atoms with Gasteiger partial charge >= 0.3 is 0 Å². The second kappa shape index (κ2) is 5.01. The van der Waals surface area contributed by atoms with E-state index < -0.39 is 0 Å². The molecule has 4 heteroatoms. The zero-order valence-corrected chi connectivity index (χ0v) is 9.86. The van der Waals surface area contributed by atoms with Crippen molar-refractivity contribution in [3.8, 4) is 0 Å².